The molecule has 0 spiro atoms. The Balaban J connectivity index is 2.15. The predicted octanol–water partition coefficient (Wildman–Crippen LogP) is 4.51. The quantitative estimate of drug-likeness (QED) is 0.667. The molecule has 0 amide bonds. The minimum atomic E-state index is -0.462. The topological polar surface area (TPSA) is 55.2 Å². The Morgan fingerprint density at radius 1 is 1.05 bits per heavy atom. The van der Waals surface area contributed by atoms with Crippen LogP contribution in [0.1, 0.15) is 5.56 Å². The molecule has 6 heteroatoms. The van der Waals surface area contributed by atoms with Crippen molar-refractivity contribution in [2.45, 2.75) is 6.54 Å². The molecule has 19 heavy (non-hydrogen) atoms. The predicted molar refractivity (Wildman–Crippen MR) is 76.9 cm³/mol. The Bertz CT molecular complexity index is 600. The van der Waals surface area contributed by atoms with E-state index in [1.54, 1.807) is 24.3 Å². The second-order valence-corrected chi connectivity index (χ2v) is 4.77. The van der Waals surface area contributed by atoms with Crippen LogP contribution in [0.5, 0.6) is 0 Å². The van der Waals surface area contributed by atoms with E-state index < -0.39 is 4.92 Å². The van der Waals surface area contributed by atoms with Crippen LogP contribution in [0.25, 0.3) is 0 Å². The van der Waals surface area contributed by atoms with E-state index in [2.05, 4.69) is 5.32 Å². The van der Waals surface area contributed by atoms with Gasteiger partial charge in [0.1, 0.15) is 5.69 Å². The number of nitro benzene ring substituents is 1. The van der Waals surface area contributed by atoms with Gasteiger partial charge in [-0.2, -0.15) is 0 Å². The van der Waals surface area contributed by atoms with Crippen LogP contribution in [0.3, 0.4) is 0 Å². The van der Waals surface area contributed by atoms with Gasteiger partial charge in [-0.25, -0.2) is 0 Å². The first-order valence-corrected chi connectivity index (χ1v) is 6.24. The van der Waals surface area contributed by atoms with E-state index in [0.29, 0.717) is 22.3 Å². The molecule has 1 N–H and O–H groups in total. The van der Waals surface area contributed by atoms with E-state index in [4.69, 9.17) is 23.2 Å². The molecule has 0 radical (unpaired) electrons. The number of hydrogen-bond acceptors (Lipinski definition) is 3. The molecule has 0 aliphatic heterocycles. The van der Waals surface area contributed by atoms with Gasteiger partial charge in [0.05, 0.1) is 4.92 Å². The summed E-state index contributed by atoms with van der Waals surface area (Å²) in [6.07, 6.45) is 0. The van der Waals surface area contributed by atoms with Crippen molar-refractivity contribution in [2.24, 2.45) is 0 Å². The van der Waals surface area contributed by atoms with Crippen molar-refractivity contribution in [2.75, 3.05) is 5.32 Å². The number of nitrogens with zero attached hydrogens (tertiary/aromatic N) is 1. The molecule has 0 aliphatic rings. The maximum absolute atomic E-state index is 10.9. The van der Waals surface area contributed by atoms with Gasteiger partial charge in [0.15, 0.2) is 0 Å². The number of hydrogen-bond donors (Lipinski definition) is 1. The van der Waals surface area contributed by atoms with Gasteiger partial charge in [0.25, 0.3) is 5.69 Å². The second-order valence-electron chi connectivity index (χ2n) is 3.90. The lowest BCUT2D eigenvalue weighted by molar-refractivity contribution is -0.383. The van der Waals surface area contributed by atoms with E-state index >= 15 is 0 Å². The van der Waals surface area contributed by atoms with Crippen molar-refractivity contribution in [3.05, 3.63) is 68.2 Å². The Morgan fingerprint density at radius 2 is 1.68 bits per heavy atom. The fraction of sp³-hybridized carbons (Fsp3) is 0.0769. The number of benzene rings is 2. The van der Waals surface area contributed by atoms with Gasteiger partial charge in [-0.15, -0.1) is 0 Å². The summed E-state index contributed by atoms with van der Waals surface area (Å²) in [5, 5.41) is 14.9. The van der Waals surface area contributed by atoms with Crippen molar-refractivity contribution in [1.82, 2.24) is 0 Å². The van der Waals surface area contributed by atoms with Gasteiger partial charge >= 0.3 is 0 Å². The van der Waals surface area contributed by atoms with E-state index in [-0.39, 0.29) is 5.69 Å². The SMILES string of the molecule is O=[N+]([O-])c1cc(Cl)ccc1NCc1ccc(Cl)cc1. The highest BCUT2D eigenvalue weighted by Crippen LogP contribution is 2.28. The number of nitro groups is 1. The first kappa shape index (κ1) is 13.6. The van der Waals surface area contributed by atoms with E-state index in [1.165, 1.54) is 6.07 Å². The zero-order valence-electron chi connectivity index (χ0n) is 9.77. The van der Waals surface area contributed by atoms with Crippen LogP contribution in [0.4, 0.5) is 11.4 Å². The molecule has 0 unspecified atom stereocenters. The van der Waals surface area contributed by atoms with Gasteiger partial charge in [-0.05, 0) is 29.8 Å². The Labute approximate surface area is 120 Å². The van der Waals surface area contributed by atoms with Gasteiger partial charge in [0, 0.05) is 22.7 Å². The first-order valence-electron chi connectivity index (χ1n) is 5.48. The smallest absolute Gasteiger partial charge is 0.293 e. The number of nitrogens with one attached hydrogen (secondary N) is 1. The molecule has 2 aromatic carbocycles. The van der Waals surface area contributed by atoms with Crippen molar-refractivity contribution in [3.63, 3.8) is 0 Å². The summed E-state index contributed by atoms with van der Waals surface area (Å²) in [5.74, 6) is 0. The van der Waals surface area contributed by atoms with Gasteiger partial charge in [-0.1, -0.05) is 35.3 Å². The third kappa shape index (κ3) is 3.59. The molecular weight excluding hydrogens is 287 g/mol. The van der Waals surface area contributed by atoms with Crippen LogP contribution in [-0.4, -0.2) is 4.92 Å². The lowest BCUT2D eigenvalue weighted by Gasteiger charge is -2.07. The third-order valence-electron chi connectivity index (χ3n) is 2.55. The molecule has 0 atom stereocenters. The molecule has 2 rings (SSSR count). The van der Waals surface area contributed by atoms with Crippen LogP contribution >= 0.6 is 23.2 Å². The molecule has 98 valence electrons. The van der Waals surface area contributed by atoms with Gasteiger partial charge < -0.3 is 5.32 Å². The van der Waals surface area contributed by atoms with Crippen LogP contribution in [0.15, 0.2) is 42.5 Å². The highest BCUT2D eigenvalue weighted by Gasteiger charge is 2.13. The lowest BCUT2D eigenvalue weighted by Crippen LogP contribution is -2.02. The number of halogens is 2. The molecule has 0 aromatic heterocycles. The summed E-state index contributed by atoms with van der Waals surface area (Å²) >= 11 is 11.5. The molecular formula is C13H10Cl2N2O2. The first-order chi connectivity index (χ1) is 9.06. The van der Waals surface area contributed by atoms with Gasteiger partial charge in [0.2, 0.25) is 0 Å². The van der Waals surface area contributed by atoms with Crippen LogP contribution in [0, 0.1) is 10.1 Å². The monoisotopic (exact) mass is 296 g/mol. The Hall–Kier alpha value is -1.78. The highest BCUT2D eigenvalue weighted by molar-refractivity contribution is 6.31. The average molecular weight is 297 g/mol. The molecule has 4 nitrogen and oxygen atoms in total. The summed E-state index contributed by atoms with van der Waals surface area (Å²) in [7, 11) is 0. The Morgan fingerprint density at radius 3 is 2.32 bits per heavy atom. The van der Waals surface area contributed by atoms with Crippen LogP contribution in [0.2, 0.25) is 10.0 Å². The third-order valence-corrected chi connectivity index (χ3v) is 3.04. The van der Waals surface area contributed by atoms with Crippen LogP contribution < -0.4 is 5.32 Å². The molecule has 2 aromatic rings. The maximum atomic E-state index is 10.9. The molecule has 0 heterocycles. The van der Waals surface area contributed by atoms with Crippen molar-refractivity contribution in [3.8, 4) is 0 Å². The van der Waals surface area contributed by atoms with E-state index in [9.17, 15) is 10.1 Å². The zero-order chi connectivity index (χ0) is 13.8. The van der Waals surface area contributed by atoms with Crippen molar-refractivity contribution < 1.29 is 4.92 Å². The maximum Gasteiger partial charge on any atom is 0.293 e. The summed E-state index contributed by atoms with van der Waals surface area (Å²) in [5.41, 5.74) is 1.37. The summed E-state index contributed by atoms with van der Waals surface area (Å²) < 4.78 is 0. The minimum absolute atomic E-state index is 0.0403. The van der Waals surface area contributed by atoms with Crippen molar-refractivity contribution >= 4 is 34.6 Å². The van der Waals surface area contributed by atoms with E-state index in [1.807, 2.05) is 12.1 Å². The number of rotatable bonds is 4. The zero-order valence-corrected chi connectivity index (χ0v) is 11.3. The largest absolute Gasteiger partial charge is 0.375 e. The highest BCUT2D eigenvalue weighted by atomic mass is 35.5. The fourth-order valence-electron chi connectivity index (χ4n) is 1.60. The Kier molecular flexibility index (Phi) is 4.24. The fourth-order valence-corrected chi connectivity index (χ4v) is 1.90. The molecule has 0 bridgehead atoms. The van der Waals surface area contributed by atoms with E-state index in [0.717, 1.165) is 5.56 Å². The van der Waals surface area contributed by atoms with Crippen LogP contribution in [-0.2, 0) is 6.54 Å². The van der Waals surface area contributed by atoms with Gasteiger partial charge in [-0.3, -0.25) is 10.1 Å². The standard InChI is InChI=1S/C13H10Cl2N2O2/c14-10-3-1-9(2-4-10)8-16-12-6-5-11(15)7-13(12)17(18)19/h1-7,16H,8H2. The summed E-state index contributed by atoms with van der Waals surface area (Å²) in [6, 6.07) is 11.8. The molecule has 0 saturated heterocycles. The minimum Gasteiger partial charge on any atom is -0.375 e. The summed E-state index contributed by atoms with van der Waals surface area (Å²) in [6.45, 7) is 0.472. The number of anilines is 1. The second kappa shape index (κ2) is 5.91. The van der Waals surface area contributed by atoms with Crippen molar-refractivity contribution in [1.29, 1.82) is 0 Å². The molecule has 0 fully saturated rings. The normalized spacial score (nSPS) is 10.2. The molecule has 0 aliphatic carbocycles. The lowest BCUT2D eigenvalue weighted by atomic mass is 10.2. The molecule has 0 saturated carbocycles. The summed E-state index contributed by atoms with van der Waals surface area (Å²) in [4.78, 5) is 10.5. The average Bonchev–Trinajstić information content (AvgIpc) is 2.39.